The van der Waals surface area contributed by atoms with Gasteiger partial charge in [0.2, 0.25) is 11.1 Å². The van der Waals surface area contributed by atoms with Gasteiger partial charge >= 0.3 is 0 Å². The summed E-state index contributed by atoms with van der Waals surface area (Å²) >= 11 is 1.33. The van der Waals surface area contributed by atoms with Crippen LogP contribution in [0.5, 0.6) is 0 Å². The fourth-order valence-electron chi connectivity index (χ4n) is 3.38. The van der Waals surface area contributed by atoms with Gasteiger partial charge in [0.25, 0.3) is 0 Å². The van der Waals surface area contributed by atoms with Crippen LogP contribution in [-0.2, 0) is 4.79 Å². The molecular weight excluding hydrogens is 350 g/mol. The van der Waals surface area contributed by atoms with Crippen LogP contribution < -0.4 is 0 Å². The van der Waals surface area contributed by atoms with Gasteiger partial charge in [0.15, 0.2) is 5.78 Å². The van der Waals surface area contributed by atoms with Gasteiger partial charge in [-0.05, 0) is 74.7 Å². The second kappa shape index (κ2) is 7.99. The highest BCUT2D eigenvalue weighted by molar-refractivity contribution is 7.99. The number of hydrogen-bond donors (Lipinski definition) is 0. The fraction of sp³-hybridized carbons (Fsp3) is 0.500. The summed E-state index contributed by atoms with van der Waals surface area (Å²) in [6, 6.07) is 7.65. The van der Waals surface area contributed by atoms with E-state index in [1.807, 2.05) is 4.90 Å². The van der Waals surface area contributed by atoms with Crippen molar-refractivity contribution in [3.05, 3.63) is 29.8 Å². The van der Waals surface area contributed by atoms with Crippen LogP contribution in [0, 0.1) is 0 Å². The third kappa shape index (κ3) is 3.95. The van der Waals surface area contributed by atoms with E-state index < -0.39 is 0 Å². The molecule has 2 atom stereocenters. The number of piperidine rings is 1. The van der Waals surface area contributed by atoms with Gasteiger partial charge in [-0.15, -0.1) is 5.10 Å². The highest BCUT2D eigenvalue weighted by Gasteiger charge is 2.29. The quantitative estimate of drug-likeness (QED) is 0.592. The zero-order valence-corrected chi connectivity index (χ0v) is 16.1. The summed E-state index contributed by atoms with van der Waals surface area (Å²) in [6.07, 6.45) is 3.29. The number of carbonyl (C=O) groups excluding carboxylic acids is 2. The molecule has 0 aliphatic carbocycles. The first-order valence-corrected chi connectivity index (χ1v) is 9.79. The van der Waals surface area contributed by atoms with Crippen LogP contribution >= 0.6 is 11.8 Å². The van der Waals surface area contributed by atoms with E-state index in [1.54, 1.807) is 28.9 Å². The molecule has 0 N–H and O–H groups in total. The van der Waals surface area contributed by atoms with Gasteiger partial charge in [-0.3, -0.25) is 9.59 Å². The van der Waals surface area contributed by atoms with Crippen molar-refractivity contribution in [1.29, 1.82) is 0 Å². The van der Waals surface area contributed by atoms with Gasteiger partial charge in [-0.2, -0.15) is 4.68 Å². The minimum Gasteiger partial charge on any atom is -0.337 e. The van der Waals surface area contributed by atoms with E-state index in [-0.39, 0.29) is 23.8 Å². The summed E-state index contributed by atoms with van der Waals surface area (Å²) < 4.78 is 1.59. The van der Waals surface area contributed by atoms with Crippen molar-refractivity contribution in [3.63, 3.8) is 0 Å². The molecule has 1 aliphatic rings. The molecule has 0 radical (unpaired) electrons. The molecule has 0 bridgehead atoms. The predicted molar refractivity (Wildman–Crippen MR) is 99.5 cm³/mol. The molecule has 26 heavy (non-hydrogen) atoms. The largest absolute Gasteiger partial charge is 0.337 e. The normalized spacial score (nSPS) is 20.2. The number of hydrogen-bond acceptors (Lipinski definition) is 6. The Bertz CT molecular complexity index is 779. The maximum Gasteiger partial charge on any atom is 0.233 e. The summed E-state index contributed by atoms with van der Waals surface area (Å²) in [7, 11) is 0. The standard InChI is InChI=1S/C18H23N5O2S/c1-12-5-4-6-13(2)22(12)17(25)11-26-18-19-20-21-23(18)16-9-7-15(8-10-16)14(3)24/h7-10,12-13H,4-6,11H2,1-3H3/t12-,13-/m0/s1. The second-order valence-corrected chi connectivity index (χ2v) is 7.64. The highest BCUT2D eigenvalue weighted by Crippen LogP contribution is 2.25. The Morgan fingerprint density at radius 1 is 1.15 bits per heavy atom. The number of likely N-dealkylation sites (tertiary alicyclic amines) is 1. The van der Waals surface area contributed by atoms with E-state index in [9.17, 15) is 9.59 Å². The first-order valence-electron chi connectivity index (χ1n) is 8.81. The third-order valence-corrected chi connectivity index (χ3v) is 5.67. The Morgan fingerprint density at radius 2 is 1.81 bits per heavy atom. The van der Waals surface area contributed by atoms with Crippen molar-refractivity contribution in [2.45, 2.75) is 57.3 Å². The molecule has 0 saturated carbocycles. The summed E-state index contributed by atoms with van der Waals surface area (Å²) in [4.78, 5) is 26.1. The van der Waals surface area contributed by atoms with Crippen LogP contribution in [0.25, 0.3) is 5.69 Å². The van der Waals surface area contributed by atoms with Crippen LogP contribution in [-0.4, -0.2) is 54.6 Å². The number of tetrazole rings is 1. The molecule has 3 rings (SSSR count). The van der Waals surface area contributed by atoms with E-state index in [2.05, 4.69) is 29.4 Å². The topological polar surface area (TPSA) is 81.0 Å². The first-order chi connectivity index (χ1) is 12.5. The molecule has 1 amide bonds. The number of aromatic nitrogens is 4. The predicted octanol–water partition coefficient (Wildman–Crippen LogP) is 2.75. The van der Waals surface area contributed by atoms with Crippen molar-refractivity contribution in [2.24, 2.45) is 0 Å². The minimum atomic E-state index is 0.0123. The number of carbonyl (C=O) groups is 2. The molecule has 138 valence electrons. The SMILES string of the molecule is CC(=O)c1ccc(-n2nnnc2SCC(=O)N2[C@@H](C)CCC[C@@H]2C)cc1. The Labute approximate surface area is 157 Å². The lowest BCUT2D eigenvalue weighted by molar-refractivity contribution is -0.134. The van der Waals surface area contributed by atoms with E-state index in [0.29, 0.717) is 16.5 Å². The summed E-state index contributed by atoms with van der Waals surface area (Å²) in [5, 5.41) is 12.3. The van der Waals surface area contributed by atoms with Crippen molar-refractivity contribution < 1.29 is 9.59 Å². The number of thioether (sulfide) groups is 1. The molecular formula is C18H23N5O2S. The fourth-order valence-corrected chi connectivity index (χ4v) is 4.14. The van der Waals surface area contributed by atoms with Gasteiger partial charge < -0.3 is 4.90 Å². The molecule has 2 aromatic rings. The highest BCUT2D eigenvalue weighted by atomic mass is 32.2. The maximum atomic E-state index is 12.7. The number of ketones is 1. The molecule has 2 heterocycles. The third-order valence-electron chi connectivity index (χ3n) is 4.77. The second-order valence-electron chi connectivity index (χ2n) is 6.69. The average Bonchev–Trinajstić information content (AvgIpc) is 3.08. The number of amides is 1. The lowest BCUT2D eigenvalue weighted by atomic mass is 9.98. The van der Waals surface area contributed by atoms with Crippen molar-refractivity contribution in [1.82, 2.24) is 25.1 Å². The number of nitrogens with zero attached hydrogens (tertiary/aromatic N) is 5. The van der Waals surface area contributed by atoms with Crippen LogP contribution in [0.1, 0.15) is 50.4 Å². The number of benzene rings is 1. The van der Waals surface area contributed by atoms with E-state index in [1.165, 1.54) is 25.1 Å². The van der Waals surface area contributed by atoms with Gasteiger partial charge in [0.05, 0.1) is 11.4 Å². The van der Waals surface area contributed by atoms with Crippen LogP contribution in [0.15, 0.2) is 29.4 Å². The van der Waals surface area contributed by atoms with Crippen LogP contribution in [0.4, 0.5) is 0 Å². The monoisotopic (exact) mass is 373 g/mol. The van der Waals surface area contributed by atoms with Gasteiger partial charge in [-0.1, -0.05) is 11.8 Å². The lowest BCUT2D eigenvalue weighted by Gasteiger charge is -2.39. The van der Waals surface area contributed by atoms with Gasteiger partial charge in [-0.25, -0.2) is 0 Å². The van der Waals surface area contributed by atoms with Crippen LogP contribution in [0.3, 0.4) is 0 Å². The molecule has 8 heteroatoms. The molecule has 1 aromatic heterocycles. The minimum absolute atomic E-state index is 0.0123. The molecule has 0 spiro atoms. The molecule has 0 unspecified atom stereocenters. The molecule has 1 saturated heterocycles. The molecule has 1 aromatic carbocycles. The van der Waals surface area contributed by atoms with Crippen molar-refractivity contribution >= 4 is 23.5 Å². The molecule has 1 aliphatic heterocycles. The van der Waals surface area contributed by atoms with E-state index >= 15 is 0 Å². The van der Waals surface area contributed by atoms with E-state index in [4.69, 9.17) is 0 Å². The molecule has 7 nitrogen and oxygen atoms in total. The zero-order valence-electron chi connectivity index (χ0n) is 15.3. The first kappa shape index (κ1) is 18.6. The number of rotatable bonds is 5. The number of Topliss-reactive ketones (excluding diaryl/α,β-unsaturated/α-hetero) is 1. The summed E-state index contributed by atoms with van der Waals surface area (Å²) in [5.74, 6) is 0.440. The van der Waals surface area contributed by atoms with E-state index in [0.717, 1.165) is 18.5 Å². The van der Waals surface area contributed by atoms with Gasteiger partial charge in [0.1, 0.15) is 0 Å². The molecule has 1 fully saturated rings. The smallest absolute Gasteiger partial charge is 0.233 e. The van der Waals surface area contributed by atoms with Gasteiger partial charge in [0, 0.05) is 17.6 Å². The Hall–Kier alpha value is -2.22. The van der Waals surface area contributed by atoms with Crippen LogP contribution in [0.2, 0.25) is 0 Å². The maximum absolute atomic E-state index is 12.7. The Morgan fingerprint density at radius 3 is 2.42 bits per heavy atom. The summed E-state index contributed by atoms with van der Waals surface area (Å²) in [6.45, 7) is 5.75. The Balaban J connectivity index is 1.69. The zero-order chi connectivity index (χ0) is 18.7. The average molecular weight is 373 g/mol. The Kier molecular flexibility index (Phi) is 5.70. The summed E-state index contributed by atoms with van der Waals surface area (Å²) in [5.41, 5.74) is 1.40. The lowest BCUT2D eigenvalue weighted by Crippen LogP contribution is -2.48. The van der Waals surface area contributed by atoms with Crippen molar-refractivity contribution in [3.8, 4) is 5.69 Å². The van der Waals surface area contributed by atoms with Crippen molar-refractivity contribution in [2.75, 3.05) is 5.75 Å².